The van der Waals surface area contributed by atoms with Crippen molar-refractivity contribution in [2.24, 2.45) is 39.6 Å². The van der Waals surface area contributed by atoms with E-state index >= 15 is 0 Å². The van der Waals surface area contributed by atoms with Crippen LogP contribution in [-0.2, 0) is 32.0 Å². The molecule has 12 N–H and O–H groups in total. The molecule has 0 unspecified atom stereocenters. The van der Waals surface area contributed by atoms with E-state index in [9.17, 15) is 19.2 Å². The summed E-state index contributed by atoms with van der Waals surface area (Å²) >= 11 is 0. The molecule has 3 amide bonds. The van der Waals surface area contributed by atoms with Gasteiger partial charge in [0.2, 0.25) is 17.7 Å². The first kappa shape index (κ1) is 20.6. The molecule has 2 rings (SSSR count). The molecular formula is C31H46N8O4. The second-order valence-corrected chi connectivity index (χ2v) is 9.24. The van der Waals surface area contributed by atoms with Crippen molar-refractivity contribution in [3.8, 4) is 0 Å². The van der Waals surface area contributed by atoms with Gasteiger partial charge in [-0.25, -0.2) is 0 Å². The van der Waals surface area contributed by atoms with Crippen LogP contribution in [0.4, 0.5) is 0 Å². The molecule has 0 aliphatic rings. The lowest BCUT2D eigenvalue weighted by molar-refractivity contribution is -0.133. The average Bonchev–Trinajstić information content (AvgIpc) is 3.09. The minimum absolute atomic E-state index is 0.0382. The van der Waals surface area contributed by atoms with Crippen molar-refractivity contribution in [2.75, 3.05) is 13.1 Å². The third kappa shape index (κ3) is 13.5. The molecule has 0 aliphatic heterocycles. The Morgan fingerprint density at radius 2 is 1.63 bits per heavy atom. The number of nitrogens with two attached hydrogens (primary N) is 5. The number of nitrogens with zero attached hydrogens (tertiary/aromatic N) is 1. The molecule has 0 saturated carbocycles. The van der Waals surface area contributed by atoms with Gasteiger partial charge in [0, 0.05) is 27.1 Å². The molecule has 2 aromatic carbocycles. The van der Waals surface area contributed by atoms with E-state index in [-0.39, 0.29) is 31.8 Å². The topological polar surface area (TPSA) is 235 Å². The Kier molecular flexibility index (Phi) is 9.10. The second-order valence-electron chi connectivity index (χ2n) is 9.24. The zero-order valence-corrected chi connectivity index (χ0v) is 23.5. The fourth-order valence-electron chi connectivity index (χ4n) is 3.76. The first-order valence-electron chi connectivity index (χ1n) is 19.3. The van der Waals surface area contributed by atoms with Gasteiger partial charge in [0.05, 0.1) is 20.3 Å². The Bertz CT molecular complexity index is 1740. The summed E-state index contributed by atoms with van der Waals surface area (Å²) in [5.74, 6) is -8.02. The van der Waals surface area contributed by atoms with E-state index in [1.54, 1.807) is 35.6 Å². The number of aliphatic imine (C=N–C) groups is 1. The summed E-state index contributed by atoms with van der Waals surface area (Å²) < 4.78 is 99.6. The molecular weight excluding hydrogens is 548 g/mol. The molecule has 0 saturated heterocycles. The summed E-state index contributed by atoms with van der Waals surface area (Å²) in [5, 5.41) is 4.28. The number of benzene rings is 2. The summed E-state index contributed by atoms with van der Waals surface area (Å²) in [7, 11) is 0. The standard InChI is InChI=1S/C31H46N8O4/c32-16-8-7-14-26(28(34)41)39-29(42)23(18-21-10-3-1-4-11-21)20-27(40)25(15-9-17-37-31(35)36)38-30(43)24(33)19-22-12-5-2-6-13-22/h1-6,10-13,23-26H,7-9,14-20,32-33H2,(H2,34,41)(H,38,43)(H,39,42)(H4,35,36,37)/t23-,24+,25-,26+/m1/s1/i1D,3D,4D,7D2,8D2,10D,11D,18D2,26D. The Labute approximate surface area is 270 Å². The van der Waals surface area contributed by atoms with Gasteiger partial charge in [-0.2, -0.15) is 0 Å². The van der Waals surface area contributed by atoms with Crippen LogP contribution in [0.1, 0.15) is 66.0 Å². The fourth-order valence-corrected chi connectivity index (χ4v) is 3.76. The van der Waals surface area contributed by atoms with Crippen molar-refractivity contribution in [1.82, 2.24) is 10.6 Å². The highest BCUT2D eigenvalue weighted by Crippen LogP contribution is 2.17. The van der Waals surface area contributed by atoms with Crippen LogP contribution < -0.4 is 39.3 Å². The Hall–Kier alpha value is -4.29. The zero-order chi connectivity index (χ0) is 42.3. The van der Waals surface area contributed by atoms with Gasteiger partial charge >= 0.3 is 0 Å². The van der Waals surface area contributed by atoms with Crippen LogP contribution in [0.25, 0.3) is 0 Å². The molecule has 43 heavy (non-hydrogen) atoms. The summed E-state index contributed by atoms with van der Waals surface area (Å²) in [6.45, 7) is -0.966. The summed E-state index contributed by atoms with van der Waals surface area (Å²) in [5.41, 5.74) is 27.2. The molecule has 12 nitrogen and oxygen atoms in total. The minimum Gasteiger partial charge on any atom is -0.370 e. The first-order chi connectivity index (χ1) is 25.2. The quantitative estimate of drug-likeness (QED) is 0.0614. The first-order valence-corrected chi connectivity index (χ1v) is 13.3. The number of ketones is 1. The number of carbonyl (C=O) groups is 4. The number of carbonyl (C=O) groups excluding carboxylic acids is 4. The van der Waals surface area contributed by atoms with Crippen LogP contribution >= 0.6 is 0 Å². The lowest BCUT2D eigenvalue weighted by Crippen LogP contribution is -2.51. The number of amides is 3. The van der Waals surface area contributed by atoms with Gasteiger partial charge in [0.25, 0.3) is 0 Å². The monoisotopic (exact) mass is 606 g/mol. The van der Waals surface area contributed by atoms with Crippen molar-refractivity contribution in [1.29, 1.82) is 0 Å². The smallest absolute Gasteiger partial charge is 0.239 e. The summed E-state index contributed by atoms with van der Waals surface area (Å²) in [6, 6.07) is -2.38. The largest absolute Gasteiger partial charge is 0.370 e. The van der Waals surface area contributed by atoms with E-state index < -0.39 is 122 Å². The van der Waals surface area contributed by atoms with Crippen molar-refractivity contribution in [3.05, 3.63) is 71.7 Å². The molecule has 0 aliphatic carbocycles. The van der Waals surface area contributed by atoms with Gasteiger partial charge in [-0.15, -0.1) is 0 Å². The van der Waals surface area contributed by atoms with Gasteiger partial charge in [-0.3, -0.25) is 24.2 Å². The SMILES string of the molecule is [2H]c1c([2H])c([2H])c(C([2H])([2H])[C@H](CC(=O)[C@@H](CCCN=C(N)N)NC(=O)[C@@H](N)Cc2ccccc2)C(=O)N[C@@]([2H])(CC([2H])([2H])C([2H])([2H])CN)C(N)=O)c([2H])c1[2H]. The van der Waals surface area contributed by atoms with Crippen molar-refractivity contribution in [2.45, 2.75) is 69.3 Å². The molecule has 0 heterocycles. The van der Waals surface area contributed by atoms with Gasteiger partial charge in [0.15, 0.2) is 11.7 Å². The lowest BCUT2D eigenvalue weighted by atomic mass is 9.89. The number of hydrogen-bond donors (Lipinski definition) is 7. The number of Topliss-reactive ketones (excluding diaryl/α,β-unsaturated/α-hetero) is 1. The molecule has 12 heteroatoms. The third-order valence-corrected chi connectivity index (χ3v) is 5.89. The van der Waals surface area contributed by atoms with E-state index in [4.69, 9.17) is 45.1 Å². The van der Waals surface area contributed by atoms with E-state index in [0.717, 1.165) is 0 Å². The Balaban J connectivity index is 2.70. The average molecular weight is 607 g/mol. The number of hydrogen-bond acceptors (Lipinski definition) is 7. The minimum atomic E-state index is -3.38. The van der Waals surface area contributed by atoms with Crippen LogP contribution in [0.5, 0.6) is 0 Å². The maximum Gasteiger partial charge on any atom is 0.239 e. The van der Waals surface area contributed by atoms with E-state index in [1.807, 2.05) is 0 Å². The maximum atomic E-state index is 14.1. The normalized spacial score (nSPS) is 19.4. The molecule has 0 spiro atoms. The Morgan fingerprint density at radius 1 is 0.930 bits per heavy atom. The van der Waals surface area contributed by atoms with Crippen LogP contribution in [0.2, 0.25) is 0 Å². The third-order valence-electron chi connectivity index (χ3n) is 5.89. The van der Waals surface area contributed by atoms with Crippen LogP contribution in [0.3, 0.4) is 0 Å². The van der Waals surface area contributed by atoms with E-state index in [1.165, 1.54) is 0 Å². The number of guanidine groups is 1. The fraction of sp³-hybridized carbons (Fsp3) is 0.452. The van der Waals surface area contributed by atoms with E-state index in [2.05, 4.69) is 10.3 Å². The highest BCUT2D eigenvalue weighted by atomic mass is 16.2. The number of nitrogens with one attached hydrogen (secondary N) is 2. The molecule has 0 fully saturated rings. The molecule has 2 aromatic rings. The van der Waals surface area contributed by atoms with Gasteiger partial charge in [0.1, 0.15) is 6.02 Å². The summed E-state index contributed by atoms with van der Waals surface area (Å²) in [4.78, 5) is 57.9. The maximum absolute atomic E-state index is 14.1. The van der Waals surface area contributed by atoms with Gasteiger partial charge in [-0.1, -0.05) is 60.5 Å². The highest BCUT2D eigenvalue weighted by Gasteiger charge is 2.30. The Morgan fingerprint density at radius 3 is 2.26 bits per heavy atom. The summed E-state index contributed by atoms with van der Waals surface area (Å²) in [6.07, 6.45) is -12.1. The number of primary amides is 1. The number of rotatable bonds is 20. The van der Waals surface area contributed by atoms with Crippen LogP contribution in [0, 0.1) is 5.92 Å². The van der Waals surface area contributed by atoms with Crippen molar-refractivity contribution >= 4 is 29.5 Å². The second kappa shape index (κ2) is 19.0. The van der Waals surface area contributed by atoms with Gasteiger partial charge in [-0.05, 0) is 62.5 Å². The highest BCUT2D eigenvalue weighted by molar-refractivity contribution is 5.94. The van der Waals surface area contributed by atoms with Crippen molar-refractivity contribution < 1.29 is 35.6 Å². The van der Waals surface area contributed by atoms with E-state index in [0.29, 0.717) is 5.56 Å². The predicted octanol–water partition coefficient (Wildman–Crippen LogP) is 0.0120. The predicted molar refractivity (Wildman–Crippen MR) is 167 cm³/mol. The van der Waals surface area contributed by atoms with Crippen LogP contribution in [0.15, 0.2) is 65.5 Å². The van der Waals surface area contributed by atoms with Gasteiger partial charge < -0.3 is 39.3 Å². The molecule has 4 atom stereocenters. The van der Waals surface area contributed by atoms with Crippen molar-refractivity contribution in [3.63, 3.8) is 0 Å². The lowest BCUT2D eigenvalue weighted by Gasteiger charge is -2.24. The molecule has 0 aromatic heterocycles. The molecule has 0 radical (unpaired) electrons. The van der Waals surface area contributed by atoms with Crippen LogP contribution in [-0.4, -0.2) is 60.7 Å². The zero-order valence-electron chi connectivity index (χ0n) is 35.5. The molecule has 0 bridgehead atoms. The molecule has 234 valence electrons.